The third-order valence-electron chi connectivity index (χ3n) is 1.43. The van der Waals surface area contributed by atoms with Crippen LogP contribution in [0.4, 0.5) is 0 Å². The van der Waals surface area contributed by atoms with Crippen molar-refractivity contribution in [1.82, 2.24) is 0 Å². The van der Waals surface area contributed by atoms with Gasteiger partial charge in [0, 0.05) is 0 Å². The zero-order valence-corrected chi connectivity index (χ0v) is 7.91. The molecule has 0 bridgehead atoms. The van der Waals surface area contributed by atoms with Crippen LogP contribution in [-0.2, 0) is 9.68 Å². The maximum Gasteiger partial charge on any atom is 0.477 e. The normalized spacial score (nSPS) is 9.50. The first kappa shape index (κ1) is 11.2. The summed E-state index contributed by atoms with van der Waals surface area (Å²) in [7, 11) is 0. The molecule has 0 atom stereocenters. The summed E-state index contributed by atoms with van der Waals surface area (Å²) >= 11 is 0. The van der Waals surface area contributed by atoms with E-state index in [1.807, 2.05) is 0 Å². The van der Waals surface area contributed by atoms with Crippen LogP contribution in [0.15, 0.2) is 0 Å². The first-order valence-electron chi connectivity index (χ1n) is 4.54. The quantitative estimate of drug-likeness (QED) is 0.420. The fourth-order valence-corrected chi connectivity index (χ4v) is 0.811. The molecule has 72 valence electrons. The van der Waals surface area contributed by atoms with Crippen LogP contribution in [0, 0.1) is 4.91 Å². The number of hydrogen-bond donors (Lipinski definition) is 0. The first-order chi connectivity index (χ1) is 5.81. The molecular formula is C8H18NO3+. The van der Waals surface area contributed by atoms with Gasteiger partial charge >= 0.3 is 5.09 Å². The van der Waals surface area contributed by atoms with Gasteiger partial charge in [-0.1, -0.05) is 19.8 Å². The summed E-state index contributed by atoms with van der Waals surface area (Å²) in [6, 6.07) is 0. The second kappa shape index (κ2) is 8.30. The van der Waals surface area contributed by atoms with Crippen molar-refractivity contribution in [3.8, 4) is 0 Å². The highest BCUT2D eigenvalue weighted by atomic mass is 17.0. The van der Waals surface area contributed by atoms with E-state index in [2.05, 4.69) is 16.6 Å². The van der Waals surface area contributed by atoms with E-state index in [0.29, 0.717) is 13.2 Å². The molecule has 0 radical (unpaired) electrons. The van der Waals surface area contributed by atoms with Crippen LogP contribution in [0.3, 0.4) is 0 Å². The molecule has 0 amide bonds. The molecule has 0 spiro atoms. The summed E-state index contributed by atoms with van der Waals surface area (Å²) in [6.45, 7) is 4.67. The molecular weight excluding hydrogens is 158 g/mol. The van der Waals surface area contributed by atoms with Crippen molar-refractivity contribution in [3.63, 3.8) is 0 Å². The van der Waals surface area contributed by atoms with Crippen molar-refractivity contribution in [3.05, 3.63) is 4.91 Å². The molecule has 0 aliphatic carbocycles. The largest absolute Gasteiger partial charge is 0.477 e. The van der Waals surface area contributed by atoms with Crippen LogP contribution >= 0.6 is 0 Å². The van der Waals surface area contributed by atoms with Gasteiger partial charge in [-0.3, -0.25) is 0 Å². The third kappa shape index (κ3) is 7.31. The van der Waals surface area contributed by atoms with Crippen molar-refractivity contribution < 1.29 is 14.8 Å². The van der Waals surface area contributed by atoms with Crippen LogP contribution in [0.25, 0.3) is 0 Å². The lowest BCUT2D eigenvalue weighted by Crippen LogP contribution is -2.10. The topological polar surface area (TPSA) is 38.5 Å². The average Bonchev–Trinajstić information content (AvgIpc) is 2.05. The van der Waals surface area contributed by atoms with Gasteiger partial charge in [-0.2, -0.15) is 9.68 Å². The van der Waals surface area contributed by atoms with Gasteiger partial charge < -0.3 is 0 Å². The Morgan fingerprint density at radius 3 is 2.42 bits per heavy atom. The zero-order chi connectivity index (χ0) is 9.23. The van der Waals surface area contributed by atoms with E-state index in [-0.39, 0.29) is 5.09 Å². The Hall–Kier alpha value is -0.800. The Morgan fingerprint density at radius 2 is 1.83 bits per heavy atom. The Labute approximate surface area is 73.3 Å². The molecule has 0 heterocycles. The lowest BCUT2D eigenvalue weighted by Gasteiger charge is -1.94. The smallest absolute Gasteiger partial charge is 0.187 e. The minimum absolute atomic E-state index is 0.186. The minimum atomic E-state index is 0.186. The standard InChI is InChI=1S/C8H18NO3/c1-3-5-6-7-8-12-9(10)11-4-2/h3-8H2,1-2H3/q+1. The SMILES string of the molecule is CCCCCCO[N+](=O)OCC. The molecule has 0 aromatic heterocycles. The Morgan fingerprint density at radius 1 is 1.08 bits per heavy atom. The summed E-state index contributed by atoms with van der Waals surface area (Å²) in [5.74, 6) is 0. The highest BCUT2D eigenvalue weighted by Gasteiger charge is 2.08. The van der Waals surface area contributed by atoms with E-state index in [1.165, 1.54) is 12.8 Å². The second-order valence-corrected chi connectivity index (χ2v) is 2.54. The molecule has 0 saturated heterocycles. The van der Waals surface area contributed by atoms with E-state index < -0.39 is 0 Å². The fraction of sp³-hybridized carbons (Fsp3) is 1.00. The van der Waals surface area contributed by atoms with E-state index in [0.717, 1.165) is 12.8 Å². The third-order valence-corrected chi connectivity index (χ3v) is 1.43. The predicted molar refractivity (Wildman–Crippen MR) is 45.3 cm³/mol. The van der Waals surface area contributed by atoms with Crippen LogP contribution in [0.1, 0.15) is 39.5 Å². The van der Waals surface area contributed by atoms with Crippen LogP contribution < -0.4 is 0 Å². The highest BCUT2D eigenvalue weighted by molar-refractivity contribution is 4.36. The molecule has 0 fully saturated rings. The summed E-state index contributed by atoms with van der Waals surface area (Å²) in [4.78, 5) is 19.7. The molecule has 0 aromatic rings. The fourth-order valence-electron chi connectivity index (χ4n) is 0.811. The van der Waals surface area contributed by atoms with E-state index in [1.54, 1.807) is 6.92 Å². The van der Waals surface area contributed by atoms with Gasteiger partial charge in [-0.15, -0.1) is 0 Å². The van der Waals surface area contributed by atoms with Gasteiger partial charge in [-0.25, -0.2) is 0 Å². The van der Waals surface area contributed by atoms with Gasteiger partial charge in [0.1, 0.15) is 4.91 Å². The molecule has 0 rings (SSSR count). The summed E-state index contributed by atoms with van der Waals surface area (Å²) in [5.41, 5.74) is 0. The lowest BCUT2D eigenvalue weighted by molar-refractivity contribution is -0.981. The molecule has 0 aromatic carbocycles. The maximum absolute atomic E-state index is 10.5. The Kier molecular flexibility index (Phi) is 7.74. The predicted octanol–water partition coefficient (Wildman–Crippen LogP) is 2.23. The molecule has 0 aliphatic heterocycles. The maximum atomic E-state index is 10.5. The Balaban J connectivity index is 3.03. The average molecular weight is 176 g/mol. The lowest BCUT2D eigenvalue weighted by atomic mass is 10.2. The van der Waals surface area contributed by atoms with Crippen molar-refractivity contribution >= 4 is 0 Å². The molecule has 12 heavy (non-hydrogen) atoms. The van der Waals surface area contributed by atoms with Gasteiger partial charge in [0.15, 0.2) is 13.2 Å². The van der Waals surface area contributed by atoms with Gasteiger partial charge in [0.25, 0.3) is 0 Å². The van der Waals surface area contributed by atoms with Crippen molar-refractivity contribution in [2.24, 2.45) is 0 Å². The molecule has 0 N–H and O–H groups in total. The summed E-state index contributed by atoms with van der Waals surface area (Å²) in [6.07, 6.45) is 4.40. The minimum Gasteiger partial charge on any atom is -0.187 e. The zero-order valence-electron chi connectivity index (χ0n) is 7.91. The summed E-state index contributed by atoms with van der Waals surface area (Å²) < 4.78 is 0. The van der Waals surface area contributed by atoms with Crippen molar-refractivity contribution in [1.29, 1.82) is 0 Å². The highest BCUT2D eigenvalue weighted by Crippen LogP contribution is 1.98. The van der Waals surface area contributed by atoms with Gasteiger partial charge in [-0.05, 0) is 19.8 Å². The van der Waals surface area contributed by atoms with Crippen molar-refractivity contribution in [2.45, 2.75) is 39.5 Å². The van der Waals surface area contributed by atoms with Gasteiger partial charge in [0.2, 0.25) is 0 Å². The Bertz CT molecular complexity index is 117. The molecule has 0 unspecified atom stereocenters. The van der Waals surface area contributed by atoms with Gasteiger partial charge in [0.05, 0.1) is 0 Å². The number of hydrogen-bond acceptors (Lipinski definition) is 3. The number of nitrogens with zero attached hydrogens (tertiary/aromatic N) is 1. The van der Waals surface area contributed by atoms with Crippen LogP contribution in [0.5, 0.6) is 0 Å². The first-order valence-corrected chi connectivity index (χ1v) is 4.54. The number of rotatable bonds is 8. The van der Waals surface area contributed by atoms with Crippen molar-refractivity contribution in [2.75, 3.05) is 13.2 Å². The molecule has 0 aliphatic rings. The van der Waals surface area contributed by atoms with Crippen LogP contribution in [0.2, 0.25) is 0 Å². The monoisotopic (exact) mass is 176 g/mol. The van der Waals surface area contributed by atoms with E-state index in [4.69, 9.17) is 0 Å². The van der Waals surface area contributed by atoms with E-state index in [9.17, 15) is 4.91 Å². The van der Waals surface area contributed by atoms with E-state index >= 15 is 0 Å². The summed E-state index contributed by atoms with van der Waals surface area (Å²) in [5, 5.41) is 0.186. The molecule has 0 saturated carbocycles. The molecule has 4 heteroatoms. The molecule has 4 nitrogen and oxygen atoms in total. The second-order valence-electron chi connectivity index (χ2n) is 2.54. The van der Waals surface area contributed by atoms with Crippen LogP contribution in [-0.4, -0.2) is 18.3 Å². The number of unbranched alkanes of at least 4 members (excludes halogenated alkanes) is 3.